The van der Waals surface area contributed by atoms with Crippen LogP contribution in [0.4, 0.5) is 0 Å². The van der Waals surface area contributed by atoms with E-state index in [4.69, 9.17) is 5.11 Å². The van der Waals surface area contributed by atoms with E-state index in [9.17, 15) is 9.59 Å². The quantitative estimate of drug-likeness (QED) is 0.717. The summed E-state index contributed by atoms with van der Waals surface area (Å²) in [6.45, 7) is 3.48. The molecule has 0 fully saturated rings. The molecule has 1 heterocycles. The smallest absolute Gasteiger partial charge is 0.326 e. The van der Waals surface area contributed by atoms with Gasteiger partial charge < -0.3 is 15.4 Å². The average Bonchev–Trinajstić information content (AvgIpc) is 2.81. The zero-order chi connectivity index (χ0) is 13.8. The average molecular weight is 258 g/mol. The molecule has 0 spiro atoms. The molecule has 19 heavy (non-hydrogen) atoms. The Hall–Kier alpha value is -2.56. The monoisotopic (exact) mass is 258 g/mol. The van der Waals surface area contributed by atoms with Crippen molar-refractivity contribution in [2.75, 3.05) is 0 Å². The van der Waals surface area contributed by atoms with Gasteiger partial charge in [0.1, 0.15) is 11.7 Å². The lowest BCUT2D eigenvalue weighted by molar-refractivity contribution is -0.139. The maximum absolute atomic E-state index is 12.0. The van der Waals surface area contributed by atoms with E-state index in [0.29, 0.717) is 5.69 Å². The number of carboxylic acid groups (broad SMARTS) is 1. The number of hydrogen-bond donors (Lipinski definition) is 3. The van der Waals surface area contributed by atoms with Gasteiger partial charge in [-0.1, -0.05) is 24.3 Å². The van der Waals surface area contributed by atoms with E-state index >= 15 is 0 Å². The Morgan fingerprint density at radius 3 is 2.79 bits per heavy atom. The highest BCUT2D eigenvalue weighted by Crippen LogP contribution is 2.14. The van der Waals surface area contributed by atoms with E-state index in [1.54, 1.807) is 6.07 Å². The van der Waals surface area contributed by atoms with Crippen LogP contribution in [0.1, 0.15) is 16.9 Å². The van der Waals surface area contributed by atoms with Crippen LogP contribution in [0.15, 0.2) is 43.0 Å². The van der Waals surface area contributed by atoms with Gasteiger partial charge >= 0.3 is 5.97 Å². The molecule has 2 rings (SSSR count). The van der Waals surface area contributed by atoms with Crippen LogP contribution >= 0.6 is 0 Å². The summed E-state index contributed by atoms with van der Waals surface area (Å²) in [5.74, 6) is -1.52. The van der Waals surface area contributed by atoms with Crippen molar-refractivity contribution in [3.8, 4) is 0 Å². The van der Waals surface area contributed by atoms with Crippen molar-refractivity contribution >= 4 is 22.8 Å². The number of amides is 1. The Morgan fingerprint density at radius 2 is 2.16 bits per heavy atom. The third-order valence-electron chi connectivity index (χ3n) is 2.78. The van der Waals surface area contributed by atoms with E-state index in [2.05, 4.69) is 16.9 Å². The minimum Gasteiger partial charge on any atom is -0.480 e. The lowest BCUT2D eigenvalue weighted by atomic mass is 10.2. The van der Waals surface area contributed by atoms with Crippen LogP contribution in [0, 0.1) is 0 Å². The summed E-state index contributed by atoms with van der Waals surface area (Å²) in [6, 6.07) is 8.19. The zero-order valence-corrected chi connectivity index (χ0v) is 10.2. The van der Waals surface area contributed by atoms with Gasteiger partial charge in [0.2, 0.25) is 0 Å². The van der Waals surface area contributed by atoms with Gasteiger partial charge in [-0.05, 0) is 18.6 Å². The van der Waals surface area contributed by atoms with Crippen LogP contribution in [0.2, 0.25) is 0 Å². The van der Waals surface area contributed by atoms with Crippen molar-refractivity contribution in [1.29, 1.82) is 0 Å². The summed E-state index contributed by atoms with van der Waals surface area (Å²) in [6.07, 6.45) is 1.64. The van der Waals surface area contributed by atoms with Crippen molar-refractivity contribution < 1.29 is 14.7 Å². The first kappa shape index (κ1) is 12.9. The lowest BCUT2D eigenvalue weighted by Gasteiger charge is -2.11. The Balaban J connectivity index is 2.18. The number of fused-ring (bicyclic) bond motifs is 1. The molecular weight excluding hydrogens is 244 g/mol. The van der Waals surface area contributed by atoms with Gasteiger partial charge in [-0.25, -0.2) is 4.79 Å². The molecule has 0 saturated carbocycles. The maximum Gasteiger partial charge on any atom is 0.326 e. The highest BCUT2D eigenvalue weighted by molar-refractivity contribution is 5.99. The number of nitrogens with one attached hydrogen (secondary N) is 2. The molecule has 1 aromatic carbocycles. The first-order chi connectivity index (χ1) is 9.11. The Morgan fingerprint density at radius 1 is 1.42 bits per heavy atom. The fourth-order valence-electron chi connectivity index (χ4n) is 1.82. The van der Waals surface area contributed by atoms with Crippen LogP contribution in [-0.4, -0.2) is 28.0 Å². The molecule has 0 bridgehead atoms. The lowest BCUT2D eigenvalue weighted by Crippen LogP contribution is -2.40. The molecular formula is C14H14N2O3. The van der Waals surface area contributed by atoms with Crippen LogP contribution in [0.25, 0.3) is 10.9 Å². The molecule has 1 amide bonds. The molecule has 0 aliphatic rings. The molecule has 5 nitrogen and oxygen atoms in total. The molecule has 0 saturated heterocycles. The predicted molar refractivity (Wildman–Crippen MR) is 72.0 cm³/mol. The number of aromatic amines is 1. The Kier molecular flexibility index (Phi) is 3.66. The molecule has 0 aliphatic heterocycles. The van der Waals surface area contributed by atoms with Gasteiger partial charge in [0.05, 0.1) is 0 Å². The first-order valence-electron chi connectivity index (χ1n) is 5.84. The highest BCUT2D eigenvalue weighted by Gasteiger charge is 2.20. The van der Waals surface area contributed by atoms with Gasteiger partial charge in [0.25, 0.3) is 5.91 Å². The summed E-state index contributed by atoms with van der Waals surface area (Å²) in [4.78, 5) is 25.9. The summed E-state index contributed by atoms with van der Waals surface area (Å²) in [5.41, 5.74) is 1.18. The summed E-state index contributed by atoms with van der Waals surface area (Å²) >= 11 is 0. The number of aromatic nitrogens is 1. The van der Waals surface area contributed by atoms with E-state index in [1.807, 2.05) is 24.3 Å². The summed E-state index contributed by atoms with van der Waals surface area (Å²) in [5, 5.41) is 12.3. The number of carbonyl (C=O) groups is 2. The second-order valence-corrected chi connectivity index (χ2v) is 4.16. The number of hydrogen-bond acceptors (Lipinski definition) is 2. The Bertz CT molecular complexity index is 597. The van der Waals surface area contributed by atoms with Gasteiger partial charge in [-0.3, -0.25) is 4.79 Å². The standard InChI is InChI=1S/C14H14N2O3/c1-2-5-11(14(18)19)16-13(17)12-8-9-6-3-4-7-10(9)15-12/h2-4,6-8,11,15H,1,5H2,(H,16,17)(H,18,19). The van der Waals surface area contributed by atoms with Crippen molar-refractivity contribution in [3.05, 3.63) is 48.7 Å². The van der Waals surface area contributed by atoms with Crippen molar-refractivity contribution in [2.24, 2.45) is 0 Å². The normalized spacial score (nSPS) is 12.0. The molecule has 1 aromatic heterocycles. The number of rotatable bonds is 5. The number of carboxylic acids is 1. The van der Waals surface area contributed by atoms with Crippen molar-refractivity contribution in [3.63, 3.8) is 0 Å². The number of aliphatic carboxylic acids is 1. The minimum atomic E-state index is -1.08. The van der Waals surface area contributed by atoms with Gasteiger partial charge in [0, 0.05) is 10.9 Å². The maximum atomic E-state index is 12.0. The topological polar surface area (TPSA) is 82.2 Å². The van der Waals surface area contributed by atoms with Gasteiger partial charge in [-0.2, -0.15) is 0 Å². The third-order valence-corrected chi connectivity index (χ3v) is 2.78. The van der Waals surface area contributed by atoms with Crippen LogP contribution in [0.3, 0.4) is 0 Å². The van der Waals surface area contributed by atoms with Crippen LogP contribution in [0.5, 0.6) is 0 Å². The molecule has 1 unspecified atom stereocenters. The number of carbonyl (C=O) groups excluding carboxylic acids is 1. The Labute approximate surface area is 109 Å². The largest absolute Gasteiger partial charge is 0.480 e. The molecule has 3 N–H and O–H groups in total. The molecule has 5 heteroatoms. The van der Waals surface area contributed by atoms with Gasteiger partial charge in [-0.15, -0.1) is 6.58 Å². The molecule has 2 aromatic rings. The highest BCUT2D eigenvalue weighted by atomic mass is 16.4. The van der Waals surface area contributed by atoms with E-state index in [1.165, 1.54) is 6.08 Å². The van der Waals surface area contributed by atoms with Crippen molar-refractivity contribution in [1.82, 2.24) is 10.3 Å². The van der Waals surface area contributed by atoms with Crippen molar-refractivity contribution in [2.45, 2.75) is 12.5 Å². The van der Waals surface area contributed by atoms with E-state index in [0.717, 1.165) is 10.9 Å². The van der Waals surface area contributed by atoms with E-state index in [-0.39, 0.29) is 6.42 Å². The number of H-pyrrole nitrogens is 1. The second kappa shape index (κ2) is 5.39. The fraction of sp³-hybridized carbons (Fsp3) is 0.143. The van der Waals surface area contributed by atoms with E-state index < -0.39 is 17.9 Å². The predicted octanol–water partition coefficient (Wildman–Crippen LogP) is 1.93. The SMILES string of the molecule is C=CCC(NC(=O)c1cc2ccccc2[nH]1)C(=O)O. The number of para-hydroxylation sites is 1. The van der Waals surface area contributed by atoms with Gasteiger partial charge in [0.15, 0.2) is 0 Å². The van der Waals surface area contributed by atoms with Crippen LogP contribution < -0.4 is 5.32 Å². The molecule has 98 valence electrons. The molecule has 0 aliphatic carbocycles. The second-order valence-electron chi connectivity index (χ2n) is 4.16. The minimum absolute atomic E-state index is 0.182. The first-order valence-corrected chi connectivity index (χ1v) is 5.84. The molecule has 1 atom stereocenters. The summed E-state index contributed by atoms with van der Waals surface area (Å²) < 4.78 is 0. The zero-order valence-electron chi connectivity index (χ0n) is 10.2. The third kappa shape index (κ3) is 2.82. The molecule has 0 radical (unpaired) electrons. The number of benzene rings is 1. The van der Waals surface area contributed by atoms with Crippen LogP contribution in [-0.2, 0) is 4.79 Å². The fourth-order valence-corrected chi connectivity index (χ4v) is 1.82. The summed E-state index contributed by atoms with van der Waals surface area (Å²) in [7, 11) is 0.